The first-order valence-corrected chi connectivity index (χ1v) is 8.78. The number of benzene rings is 2. The van der Waals surface area contributed by atoms with Gasteiger partial charge in [0.05, 0.1) is 6.04 Å². The van der Waals surface area contributed by atoms with E-state index in [1.165, 1.54) is 4.90 Å². The minimum absolute atomic E-state index is 0.259. The molecule has 4 rings (SSSR count). The van der Waals surface area contributed by atoms with Crippen LogP contribution in [0.2, 0.25) is 0 Å². The van der Waals surface area contributed by atoms with E-state index < -0.39 is 12.0 Å². The number of hydrogen-bond donors (Lipinski definition) is 0. The second-order valence-corrected chi connectivity index (χ2v) is 7.04. The van der Waals surface area contributed by atoms with Crippen molar-refractivity contribution in [3.05, 3.63) is 70.2 Å². The lowest BCUT2D eigenvalue weighted by Gasteiger charge is -2.23. The van der Waals surface area contributed by atoms with Gasteiger partial charge in [-0.15, -0.1) is 0 Å². The lowest BCUT2D eigenvalue weighted by atomic mass is 9.94. The number of halogens is 1. The van der Waals surface area contributed by atoms with Gasteiger partial charge in [-0.25, -0.2) is 0 Å². The summed E-state index contributed by atoms with van der Waals surface area (Å²) in [5, 5.41) is 4.02. The standard InChI is InChI=1S/C19H15BrN2O3/c1-11(12-5-3-2-4-6-12)22-18(23)15-16(21-25-17(15)19(22)24)13-7-9-14(20)10-8-13/h2-11,15,17H,1H3. The maximum atomic E-state index is 13.0. The Hall–Kier alpha value is -2.47. The highest BCUT2D eigenvalue weighted by molar-refractivity contribution is 9.10. The van der Waals surface area contributed by atoms with Gasteiger partial charge in [0.25, 0.3) is 5.91 Å². The molecule has 0 aromatic heterocycles. The third-order valence-electron chi connectivity index (χ3n) is 4.66. The van der Waals surface area contributed by atoms with Crippen LogP contribution >= 0.6 is 15.9 Å². The summed E-state index contributed by atoms with van der Waals surface area (Å²) in [7, 11) is 0. The molecule has 25 heavy (non-hydrogen) atoms. The number of amides is 2. The summed E-state index contributed by atoms with van der Waals surface area (Å²) in [6, 6.07) is 16.6. The first-order valence-electron chi connectivity index (χ1n) is 7.99. The zero-order chi connectivity index (χ0) is 17.6. The highest BCUT2D eigenvalue weighted by atomic mass is 79.9. The molecular formula is C19H15BrN2O3. The van der Waals surface area contributed by atoms with Crippen LogP contribution in [0, 0.1) is 5.92 Å². The number of imide groups is 1. The summed E-state index contributed by atoms with van der Waals surface area (Å²) in [6.07, 6.45) is -0.864. The van der Waals surface area contributed by atoms with Crippen LogP contribution in [-0.4, -0.2) is 28.5 Å². The summed E-state index contributed by atoms with van der Waals surface area (Å²) in [6.45, 7) is 1.85. The number of nitrogens with zero attached hydrogens (tertiary/aromatic N) is 2. The molecule has 0 bridgehead atoms. The molecule has 0 radical (unpaired) electrons. The van der Waals surface area contributed by atoms with Gasteiger partial charge in [-0.2, -0.15) is 0 Å². The summed E-state index contributed by atoms with van der Waals surface area (Å²) >= 11 is 3.39. The topological polar surface area (TPSA) is 59.0 Å². The third-order valence-corrected chi connectivity index (χ3v) is 5.18. The van der Waals surface area contributed by atoms with E-state index in [1.54, 1.807) is 0 Å². The van der Waals surface area contributed by atoms with Crippen molar-refractivity contribution in [3.8, 4) is 0 Å². The minimum atomic E-state index is -0.864. The number of rotatable bonds is 3. The van der Waals surface area contributed by atoms with E-state index in [0.29, 0.717) is 5.71 Å². The molecule has 2 heterocycles. The van der Waals surface area contributed by atoms with E-state index in [9.17, 15) is 9.59 Å². The summed E-state index contributed by atoms with van der Waals surface area (Å²) < 4.78 is 0.931. The van der Waals surface area contributed by atoms with E-state index in [4.69, 9.17) is 4.84 Å². The Morgan fingerprint density at radius 3 is 2.40 bits per heavy atom. The van der Waals surface area contributed by atoms with Gasteiger partial charge in [0.2, 0.25) is 12.0 Å². The van der Waals surface area contributed by atoms with E-state index in [0.717, 1.165) is 15.6 Å². The molecule has 2 aliphatic heterocycles. The molecule has 0 aliphatic carbocycles. The van der Waals surface area contributed by atoms with Crippen LogP contribution in [0.4, 0.5) is 0 Å². The number of fused-ring (bicyclic) bond motifs is 1. The molecule has 0 N–H and O–H groups in total. The summed E-state index contributed by atoms with van der Waals surface area (Å²) in [4.78, 5) is 32.4. The molecule has 6 heteroatoms. The van der Waals surface area contributed by atoms with Gasteiger partial charge < -0.3 is 4.84 Å². The third kappa shape index (κ3) is 2.57. The molecule has 1 fully saturated rings. The quantitative estimate of drug-likeness (QED) is 0.745. The van der Waals surface area contributed by atoms with Crippen LogP contribution in [0.25, 0.3) is 0 Å². The SMILES string of the molecule is CC(c1ccccc1)N1C(=O)C2ON=C(c3ccc(Br)cc3)C2C1=O. The maximum Gasteiger partial charge on any atom is 0.274 e. The number of oxime groups is 1. The Morgan fingerprint density at radius 1 is 1.04 bits per heavy atom. The zero-order valence-corrected chi connectivity index (χ0v) is 15.0. The van der Waals surface area contributed by atoms with Crippen molar-refractivity contribution >= 4 is 33.5 Å². The first kappa shape index (κ1) is 16.0. The van der Waals surface area contributed by atoms with Gasteiger partial charge >= 0.3 is 0 Å². The molecular weight excluding hydrogens is 384 g/mol. The van der Waals surface area contributed by atoms with E-state index in [-0.39, 0.29) is 17.9 Å². The predicted octanol–water partition coefficient (Wildman–Crippen LogP) is 3.30. The largest absolute Gasteiger partial charge is 0.381 e. The van der Waals surface area contributed by atoms with Crippen LogP contribution < -0.4 is 0 Å². The lowest BCUT2D eigenvalue weighted by Crippen LogP contribution is -2.35. The number of carbonyl (C=O) groups is 2. The van der Waals surface area contributed by atoms with E-state index in [1.807, 2.05) is 61.5 Å². The van der Waals surface area contributed by atoms with Crippen molar-refractivity contribution < 1.29 is 14.4 Å². The van der Waals surface area contributed by atoms with Gasteiger partial charge in [-0.05, 0) is 24.6 Å². The second-order valence-electron chi connectivity index (χ2n) is 6.12. The molecule has 2 amide bonds. The zero-order valence-electron chi connectivity index (χ0n) is 13.4. The van der Waals surface area contributed by atoms with E-state index >= 15 is 0 Å². The van der Waals surface area contributed by atoms with Crippen molar-refractivity contribution in [3.63, 3.8) is 0 Å². The Kier molecular flexibility index (Phi) is 3.92. The predicted molar refractivity (Wildman–Crippen MR) is 95.8 cm³/mol. The van der Waals surface area contributed by atoms with Gasteiger partial charge in [-0.1, -0.05) is 63.6 Å². The summed E-state index contributed by atoms with van der Waals surface area (Å²) in [5.74, 6) is -1.27. The second kappa shape index (κ2) is 6.11. The van der Waals surface area contributed by atoms with Crippen LogP contribution in [0.5, 0.6) is 0 Å². The smallest absolute Gasteiger partial charge is 0.274 e. The Balaban J connectivity index is 1.65. The molecule has 3 atom stereocenters. The van der Waals surface area contributed by atoms with Gasteiger partial charge in [0, 0.05) is 10.0 Å². The minimum Gasteiger partial charge on any atom is -0.381 e. The average molecular weight is 399 g/mol. The van der Waals surface area contributed by atoms with Crippen LogP contribution in [0.1, 0.15) is 24.1 Å². The fourth-order valence-corrected chi connectivity index (χ4v) is 3.58. The highest BCUT2D eigenvalue weighted by Crippen LogP contribution is 2.36. The van der Waals surface area contributed by atoms with Crippen molar-refractivity contribution in [2.75, 3.05) is 0 Å². The molecule has 2 aromatic rings. The van der Waals surface area contributed by atoms with Crippen LogP contribution in [0.15, 0.2) is 64.2 Å². The Labute approximate surface area is 153 Å². The van der Waals surface area contributed by atoms with Crippen LogP contribution in [-0.2, 0) is 14.4 Å². The number of likely N-dealkylation sites (tertiary alicyclic amines) is 1. The first-order chi connectivity index (χ1) is 12.1. The molecule has 5 nitrogen and oxygen atoms in total. The van der Waals surface area contributed by atoms with Gasteiger partial charge in [0.15, 0.2) is 0 Å². The fourth-order valence-electron chi connectivity index (χ4n) is 3.32. The number of carbonyl (C=O) groups excluding carboxylic acids is 2. The molecule has 0 saturated carbocycles. The van der Waals surface area contributed by atoms with Crippen molar-refractivity contribution in [2.24, 2.45) is 11.1 Å². The van der Waals surface area contributed by atoms with Crippen LogP contribution in [0.3, 0.4) is 0 Å². The van der Waals surface area contributed by atoms with Crippen molar-refractivity contribution in [1.29, 1.82) is 0 Å². The van der Waals surface area contributed by atoms with Crippen molar-refractivity contribution in [1.82, 2.24) is 4.90 Å². The molecule has 2 aromatic carbocycles. The van der Waals surface area contributed by atoms with E-state index in [2.05, 4.69) is 21.1 Å². The normalized spacial score (nSPS) is 23.3. The molecule has 126 valence electrons. The average Bonchev–Trinajstić information content (AvgIpc) is 3.17. The Bertz CT molecular complexity index is 864. The molecule has 1 saturated heterocycles. The summed E-state index contributed by atoms with van der Waals surface area (Å²) in [5.41, 5.74) is 2.20. The van der Waals surface area contributed by atoms with Gasteiger partial charge in [0.1, 0.15) is 11.6 Å². The highest BCUT2D eigenvalue weighted by Gasteiger charge is 2.56. The maximum absolute atomic E-state index is 13.0. The monoisotopic (exact) mass is 398 g/mol. The van der Waals surface area contributed by atoms with Crippen molar-refractivity contribution in [2.45, 2.75) is 19.1 Å². The lowest BCUT2D eigenvalue weighted by molar-refractivity contribution is -0.144. The fraction of sp³-hybridized carbons (Fsp3) is 0.211. The van der Waals surface area contributed by atoms with Gasteiger partial charge in [-0.3, -0.25) is 14.5 Å². The number of hydrogen-bond acceptors (Lipinski definition) is 4. The molecule has 2 aliphatic rings. The molecule has 0 spiro atoms. The Morgan fingerprint density at radius 2 is 1.72 bits per heavy atom. The molecule has 3 unspecified atom stereocenters.